The zero-order chi connectivity index (χ0) is 22.6. The van der Waals surface area contributed by atoms with Gasteiger partial charge in [-0.05, 0) is 30.9 Å². The van der Waals surface area contributed by atoms with Gasteiger partial charge in [0, 0.05) is 24.3 Å². The number of halogens is 2. The molecule has 7 nitrogen and oxygen atoms in total. The number of ether oxygens (including phenoxy) is 1. The summed E-state index contributed by atoms with van der Waals surface area (Å²) in [6, 6.07) is 7.81. The number of aromatic nitrogens is 2. The van der Waals surface area contributed by atoms with Gasteiger partial charge in [0.15, 0.2) is 9.84 Å². The lowest BCUT2D eigenvalue weighted by atomic mass is 10.1. The van der Waals surface area contributed by atoms with Crippen molar-refractivity contribution < 1.29 is 26.7 Å². The molecular weight excluding hydrogens is 428 g/mol. The van der Waals surface area contributed by atoms with Crippen molar-refractivity contribution in [2.45, 2.75) is 38.2 Å². The fraction of sp³-hybridized carbons (Fsp3) is 0.381. The second kappa shape index (κ2) is 9.09. The quantitative estimate of drug-likeness (QED) is 0.622. The molecule has 0 bridgehead atoms. The van der Waals surface area contributed by atoms with Gasteiger partial charge in [-0.1, -0.05) is 31.2 Å². The molecule has 1 N–H and O–H groups in total. The number of carbonyl (C=O) groups excluding carboxylic acids is 1. The Morgan fingerprint density at radius 3 is 2.58 bits per heavy atom. The summed E-state index contributed by atoms with van der Waals surface area (Å²) in [5, 5.41) is 3.77. The third-order valence-electron chi connectivity index (χ3n) is 4.69. The van der Waals surface area contributed by atoms with Crippen LogP contribution in [0.4, 0.5) is 8.78 Å². The standard InChI is InChI=1S/C21H23F2N3O4S/c1-3-21(22,23)20-24-13-16(19(26-20)30-15-7-5-4-6-8-15)18(27)25-17(14-9-10-14)11-12-31(2,28)29/h4-8,11-14,17H,3,9-10H2,1-2H3,(H,25,27)/b12-11+/t17-/m1/s1. The molecule has 31 heavy (non-hydrogen) atoms. The molecule has 166 valence electrons. The van der Waals surface area contributed by atoms with E-state index in [4.69, 9.17) is 4.74 Å². The molecule has 0 radical (unpaired) electrons. The molecule has 1 aliphatic rings. The SMILES string of the molecule is CCC(F)(F)c1ncc(C(=O)N[C@H](/C=C/S(C)(=O)=O)C2CC2)c(Oc2ccccc2)n1. The highest BCUT2D eigenvalue weighted by Crippen LogP contribution is 2.34. The third kappa shape index (κ3) is 6.30. The molecule has 1 amide bonds. The van der Waals surface area contributed by atoms with Crippen molar-refractivity contribution in [3.63, 3.8) is 0 Å². The number of benzene rings is 1. The first kappa shape index (κ1) is 22.8. The Morgan fingerprint density at radius 2 is 2.00 bits per heavy atom. The van der Waals surface area contributed by atoms with Crippen molar-refractivity contribution >= 4 is 15.7 Å². The Bertz CT molecular complexity index is 1070. The summed E-state index contributed by atoms with van der Waals surface area (Å²) in [4.78, 5) is 20.4. The molecule has 1 saturated carbocycles. The van der Waals surface area contributed by atoms with Crippen LogP contribution >= 0.6 is 0 Å². The van der Waals surface area contributed by atoms with Gasteiger partial charge in [0.25, 0.3) is 5.91 Å². The first-order chi connectivity index (χ1) is 14.6. The van der Waals surface area contributed by atoms with Gasteiger partial charge in [-0.2, -0.15) is 13.8 Å². The molecule has 3 rings (SSSR count). The van der Waals surface area contributed by atoms with Crippen LogP contribution < -0.4 is 10.1 Å². The maximum absolute atomic E-state index is 14.1. The summed E-state index contributed by atoms with van der Waals surface area (Å²) >= 11 is 0. The van der Waals surface area contributed by atoms with Gasteiger partial charge in [-0.25, -0.2) is 13.4 Å². The lowest BCUT2D eigenvalue weighted by Gasteiger charge is -2.18. The molecule has 1 aliphatic carbocycles. The molecule has 0 aliphatic heterocycles. The van der Waals surface area contributed by atoms with Gasteiger partial charge in [-0.3, -0.25) is 4.79 Å². The molecule has 0 spiro atoms. The molecular formula is C21H23F2N3O4S. The maximum Gasteiger partial charge on any atom is 0.306 e. The summed E-state index contributed by atoms with van der Waals surface area (Å²) in [7, 11) is -3.36. The molecule has 2 aromatic rings. The van der Waals surface area contributed by atoms with Crippen molar-refractivity contribution in [3.8, 4) is 11.6 Å². The predicted molar refractivity (Wildman–Crippen MR) is 111 cm³/mol. The summed E-state index contributed by atoms with van der Waals surface area (Å²) in [5.74, 6) is -4.55. The van der Waals surface area contributed by atoms with Crippen LogP contribution in [0.5, 0.6) is 11.6 Å². The number of hydrogen-bond acceptors (Lipinski definition) is 6. The Morgan fingerprint density at radius 1 is 1.32 bits per heavy atom. The van der Waals surface area contributed by atoms with Crippen molar-refractivity contribution in [3.05, 3.63) is 59.4 Å². The van der Waals surface area contributed by atoms with E-state index in [9.17, 15) is 22.0 Å². The molecule has 0 unspecified atom stereocenters. The predicted octanol–water partition coefficient (Wildman–Crippen LogP) is 3.84. The number of nitrogens with one attached hydrogen (secondary N) is 1. The zero-order valence-corrected chi connectivity index (χ0v) is 17.9. The highest BCUT2D eigenvalue weighted by atomic mass is 32.2. The summed E-state index contributed by atoms with van der Waals surface area (Å²) < 4.78 is 56.8. The van der Waals surface area contributed by atoms with E-state index in [1.807, 2.05) is 0 Å². The van der Waals surface area contributed by atoms with Crippen LogP contribution in [0, 0.1) is 5.92 Å². The molecule has 1 fully saturated rings. The van der Waals surface area contributed by atoms with Crippen molar-refractivity contribution in [1.82, 2.24) is 15.3 Å². The van der Waals surface area contributed by atoms with Crippen molar-refractivity contribution in [2.75, 3.05) is 6.26 Å². The number of carbonyl (C=O) groups is 1. The van der Waals surface area contributed by atoms with Gasteiger partial charge in [0.2, 0.25) is 11.7 Å². The number of para-hydroxylation sites is 1. The highest BCUT2D eigenvalue weighted by molar-refractivity contribution is 7.93. The van der Waals surface area contributed by atoms with E-state index in [-0.39, 0.29) is 17.4 Å². The normalized spacial score (nSPS) is 15.6. The lowest BCUT2D eigenvalue weighted by Crippen LogP contribution is -2.35. The minimum Gasteiger partial charge on any atom is -0.438 e. The highest BCUT2D eigenvalue weighted by Gasteiger charge is 2.35. The average Bonchev–Trinajstić information content (AvgIpc) is 3.56. The summed E-state index contributed by atoms with van der Waals surface area (Å²) in [6.07, 6.45) is 4.65. The van der Waals surface area contributed by atoms with Gasteiger partial charge in [0.1, 0.15) is 11.3 Å². The molecule has 1 aromatic heterocycles. The van der Waals surface area contributed by atoms with E-state index >= 15 is 0 Å². The van der Waals surface area contributed by atoms with E-state index in [2.05, 4.69) is 15.3 Å². The van der Waals surface area contributed by atoms with Gasteiger partial charge in [-0.15, -0.1) is 0 Å². The Labute approximate surface area is 179 Å². The number of hydrogen-bond donors (Lipinski definition) is 1. The van der Waals surface area contributed by atoms with Crippen LogP contribution in [0.1, 0.15) is 42.4 Å². The van der Waals surface area contributed by atoms with Crippen LogP contribution in [0.15, 0.2) is 48.0 Å². The van der Waals surface area contributed by atoms with Crippen molar-refractivity contribution in [2.24, 2.45) is 5.92 Å². The van der Waals surface area contributed by atoms with E-state index < -0.39 is 40.0 Å². The van der Waals surface area contributed by atoms with Gasteiger partial charge >= 0.3 is 5.92 Å². The Kier molecular flexibility index (Phi) is 6.68. The second-order valence-electron chi connectivity index (χ2n) is 7.38. The smallest absolute Gasteiger partial charge is 0.306 e. The third-order valence-corrected chi connectivity index (χ3v) is 5.34. The number of sulfone groups is 1. The minimum atomic E-state index is -3.36. The van der Waals surface area contributed by atoms with Crippen LogP contribution in [-0.4, -0.2) is 36.6 Å². The van der Waals surface area contributed by atoms with E-state index in [1.54, 1.807) is 30.3 Å². The first-order valence-corrected chi connectivity index (χ1v) is 11.7. The van der Waals surface area contributed by atoms with E-state index in [0.717, 1.165) is 30.7 Å². The first-order valence-electron chi connectivity index (χ1n) is 9.76. The number of rotatable bonds is 9. The minimum absolute atomic E-state index is 0.102. The summed E-state index contributed by atoms with van der Waals surface area (Å²) in [6.45, 7) is 1.30. The number of amides is 1. The largest absolute Gasteiger partial charge is 0.438 e. The average molecular weight is 451 g/mol. The van der Waals surface area contributed by atoms with Gasteiger partial charge in [0.05, 0.1) is 6.04 Å². The van der Waals surface area contributed by atoms with Crippen LogP contribution in [-0.2, 0) is 15.8 Å². The topological polar surface area (TPSA) is 98.2 Å². The molecule has 1 heterocycles. The molecule has 1 aromatic carbocycles. The monoisotopic (exact) mass is 451 g/mol. The van der Waals surface area contributed by atoms with Crippen LogP contribution in [0.2, 0.25) is 0 Å². The fourth-order valence-corrected chi connectivity index (χ4v) is 3.22. The van der Waals surface area contributed by atoms with E-state index in [0.29, 0.717) is 5.75 Å². The number of alkyl halides is 2. The summed E-state index contributed by atoms with van der Waals surface area (Å²) in [5.41, 5.74) is -0.127. The molecule has 1 atom stereocenters. The molecule has 0 saturated heterocycles. The van der Waals surface area contributed by atoms with Crippen LogP contribution in [0.3, 0.4) is 0 Å². The lowest BCUT2D eigenvalue weighted by molar-refractivity contribution is -0.0181. The second-order valence-corrected chi connectivity index (χ2v) is 9.31. The van der Waals surface area contributed by atoms with Crippen LogP contribution in [0.25, 0.3) is 0 Å². The zero-order valence-electron chi connectivity index (χ0n) is 17.1. The Balaban J connectivity index is 1.92. The molecule has 10 heteroatoms. The number of nitrogens with zero attached hydrogens (tertiary/aromatic N) is 2. The fourth-order valence-electron chi connectivity index (χ4n) is 2.77. The van der Waals surface area contributed by atoms with Gasteiger partial charge < -0.3 is 10.1 Å². The Hall–Kier alpha value is -2.88. The van der Waals surface area contributed by atoms with E-state index in [1.165, 1.54) is 13.0 Å². The van der Waals surface area contributed by atoms with Crippen molar-refractivity contribution in [1.29, 1.82) is 0 Å². The maximum atomic E-state index is 14.1.